The third-order valence-corrected chi connectivity index (χ3v) is 5.37. The Labute approximate surface area is 171 Å². The lowest BCUT2D eigenvalue weighted by molar-refractivity contribution is -0.136. The number of carbonyl (C=O) groups is 2. The number of likely N-dealkylation sites (N-methyl/N-ethyl adjacent to an activating group) is 1. The number of ether oxygens (including phenoxy) is 3. The Balaban J connectivity index is 0.00000280. The predicted octanol–water partition coefficient (Wildman–Crippen LogP) is 1.31. The normalized spacial score (nSPS) is 21.3. The summed E-state index contributed by atoms with van der Waals surface area (Å²) in [6.07, 6.45) is 1.15. The number of benzene rings is 1. The van der Waals surface area contributed by atoms with Gasteiger partial charge in [0.2, 0.25) is 17.6 Å². The van der Waals surface area contributed by atoms with Crippen molar-refractivity contribution in [2.24, 2.45) is 5.92 Å². The fourth-order valence-corrected chi connectivity index (χ4v) is 3.78. The fraction of sp³-hybridized carbons (Fsp3) is 0.579. The van der Waals surface area contributed by atoms with E-state index in [1.54, 1.807) is 21.9 Å². The number of amides is 2. The lowest BCUT2D eigenvalue weighted by Gasteiger charge is -2.26. The van der Waals surface area contributed by atoms with Crippen molar-refractivity contribution >= 4 is 29.9 Å². The van der Waals surface area contributed by atoms with Gasteiger partial charge in [-0.1, -0.05) is 0 Å². The number of nitrogens with zero attached hydrogens (tertiary/aromatic N) is 2. The van der Waals surface area contributed by atoms with Gasteiger partial charge >= 0.3 is 0 Å². The largest absolute Gasteiger partial charge is 0.493 e. The van der Waals surface area contributed by atoms with Gasteiger partial charge < -0.3 is 29.3 Å². The van der Waals surface area contributed by atoms with Crippen molar-refractivity contribution in [1.82, 2.24) is 10.2 Å². The van der Waals surface area contributed by atoms with Gasteiger partial charge in [0.15, 0.2) is 11.5 Å². The molecule has 0 aliphatic carbocycles. The van der Waals surface area contributed by atoms with Crippen LogP contribution in [0.1, 0.15) is 12.8 Å². The fourth-order valence-electron chi connectivity index (χ4n) is 3.78. The molecule has 0 radical (unpaired) electrons. The summed E-state index contributed by atoms with van der Waals surface area (Å²) < 4.78 is 16.1. The highest BCUT2D eigenvalue weighted by Gasteiger charge is 2.38. The molecule has 0 saturated carbocycles. The molecule has 156 valence electrons. The molecule has 0 spiro atoms. The van der Waals surface area contributed by atoms with E-state index in [-0.39, 0.29) is 42.6 Å². The molecule has 8 nitrogen and oxygen atoms in total. The first-order chi connectivity index (χ1) is 13.0. The summed E-state index contributed by atoms with van der Waals surface area (Å²) in [5.74, 6) is 1.01. The van der Waals surface area contributed by atoms with Gasteiger partial charge in [-0.25, -0.2) is 0 Å². The number of hydrogen-bond donors (Lipinski definition) is 1. The third-order valence-electron chi connectivity index (χ3n) is 5.37. The molecule has 2 heterocycles. The average Bonchev–Trinajstić information content (AvgIpc) is 3.35. The minimum absolute atomic E-state index is 0. The molecule has 1 aromatic carbocycles. The van der Waals surface area contributed by atoms with E-state index in [0.29, 0.717) is 29.5 Å². The van der Waals surface area contributed by atoms with Crippen LogP contribution in [-0.2, 0) is 9.59 Å². The van der Waals surface area contributed by atoms with Gasteiger partial charge in [0.25, 0.3) is 0 Å². The van der Waals surface area contributed by atoms with Gasteiger partial charge in [0.1, 0.15) is 0 Å². The van der Waals surface area contributed by atoms with Crippen molar-refractivity contribution in [2.45, 2.75) is 18.9 Å². The summed E-state index contributed by atoms with van der Waals surface area (Å²) in [4.78, 5) is 28.9. The smallest absolute Gasteiger partial charge is 0.228 e. The first-order valence-corrected chi connectivity index (χ1v) is 9.07. The van der Waals surface area contributed by atoms with Gasteiger partial charge in [-0.2, -0.15) is 0 Å². The second-order valence-electron chi connectivity index (χ2n) is 6.88. The summed E-state index contributed by atoms with van der Waals surface area (Å²) in [5, 5.41) is 3.27. The van der Waals surface area contributed by atoms with Crippen molar-refractivity contribution in [3.63, 3.8) is 0 Å². The zero-order valence-corrected chi connectivity index (χ0v) is 17.5. The summed E-state index contributed by atoms with van der Waals surface area (Å²) in [5.41, 5.74) is 0.634. The molecule has 1 aromatic rings. The van der Waals surface area contributed by atoms with Crippen molar-refractivity contribution < 1.29 is 23.8 Å². The number of halogens is 1. The number of rotatable bonds is 6. The first-order valence-electron chi connectivity index (χ1n) is 9.07. The second-order valence-corrected chi connectivity index (χ2v) is 6.88. The maximum atomic E-state index is 12.9. The Kier molecular flexibility index (Phi) is 7.37. The molecule has 0 bridgehead atoms. The minimum atomic E-state index is -0.345. The number of hydrogen-bond acceptors (Lipinski definition) is 6. The van der Waals surface area contributed by atoms with Crippen LogP contribution in [0.2, 0.25) is 0 Å². The van der Waals surface area contributed by atoms with Gasteiger partial charge in [-0.3, -0.25) is 9.59 Å². The Morgan fingerprint density at radius 1 is 1.18 bits per heavy atom. The monoisotopic (exact) mass is 413 g/mol. The highest BCUT2D eigenvalue weighted by atomic mass is 35.5. The van der Waals surface area contributed by atoms with Gasteiger partial charge in [-0.05, 0) is 13.0 Å². The van der Waals surface area contributed by atoms with Crippen molar-refractivity contribution in [2.75, 3.05) is 52.9 Å². The summed E-state index contributed by atoms with van der Waals surface area (Å²) in [6, 6.07) is 3.66. The van der Waals surface area contributed by atoms with E-state index < -0.39 is 0 Å². The number of nitrogens with one attached hydrogen (secondary N) is 1. The zero-order chi connectivity index (χ0) is 19.6. The van der Waals surface area contributed by atoms with Crippen LogP contribution in [-0.4, -0.2) is 70.8 Å². The maximum absolute atomic E-state index is 12.9. The van der Waals surface area contributed by atoms with Crippen LogP contribution < -0.4 is 24.4 Å². The number of methoxy groups -OCH3 is 3. The van der Waals surface area contributed by atoms with Crippen LogP contribution in [0.3, 0.4) is 0 Å². The van der Waals surface area contributed by atoms with Crippen molar-refractivity contribution in [3.8, 4) is 17.2 Å². The zero-order valence-electron chi connectivity index (χ0n) is 16.7. The molecule has 28 heavy (non-hydrogen) atoms. The van der Waals surface area contributed by atoms with Crippen LogP contribution in [0, 0.1) is 5.92 Å². The maximum Gasteiger partial charge on any atom is 0.228 e. The van der Waals surface area contributed by atoms with Gasteiger partial charge in [0.05, 0.1) is 32.9 Å². The summed E-state index contributed by atoms with van der Waals surface area (Å²) >= 11 is 0. The van der Waals surface area contributed by atoms with Crippen LogP contribution in [0.15, 0.2) is 12.1 Å². The van der Waals surface area contributed by atoms with E-state index in [9.17, 15) is 9.59 Å². The van der Waals surface area contributed by atoms with Crippen LogP contribution in [0.25, 0.3) is 0 Å². The molecule has 1 N–H and O–H groups in total. The molecule has 2 fully saturated rings. The van der Waals surface area contributed by atoms with E-state index >= 15 is 0 Å². The van der Waals surface area contributed by atoms with Crippen molar-refractivity contribution in [1.29, 1.82) is 0 Å². The standard InChI is InChI=1S/C19H27N3O5.ClH/c1-21(13-5-6-20-10-13)19(24)12-7-17(23)22(11-12)14-8-15(25-2)18(27-4)16(9-14)26-3;/h8-9,12-13,20H,5-7,10-11H2,1-4H3;1H. The highest BCUT2D eigenvalue weighted by molar-refractivity contribution is 6.00. The Morgan fingerprint density at radius 3 is 2.32 bits per heavy atom. The third kappa shape index (κ3) is 4.12. The predicted molar refractivity (Wildman–Crippen MR) is 108 cm³/mol. The molecule has 0 aromatic heterocycles. The molecule has 2 saturated heterocycles. The van der Waals surface area contributed by atoms with E-state index in [4.69, 9.17) is 14.2 Å². The minimum Gasteiger partial charge on any atom is -0.493 e. The van der Waals surface area contributed by atoms with Crippen LogP contribution >= 0.6 is 12.4 Å². The van der Waals surface area contributed by atoms with E-state index in [0.717, 1.165) is 19.5 Å². The molecule has 3 rings (SSSR count). The lowest BCUT2D eigenvalue weighted by Crippen LogP contribution is -2.42. The molecule has 2 aliphatic heterocycles. The summed E-state index contributed by atoms with van der Waals surface area (Å²) in [7, 11) is 6.42. The second kappa shape index (κ2) is 9.34. The first kappa shape index (κ1) is 22.1. The van der Waals surface area contributed by atoms with E-state index in [2.05, 4.69) is 5.32 Å². The SMILES string of the molecule is COc1cc(N2CC(C(=O)N(C)C3CCNC3)CC2=O)cc(OC)c1OC.Cl. The molecular weight excluding hydrogens is 386 g/mol. The topological polar surface area (TPSA) is 80.3 Å². The highest BCUT2D eigenvalue weighted by Crippen LogP contribution is 2.42. The van der Waals surface area contributed by atoms with Crippen LogP contribution in [0.5, 0.6) is 17.2 Å². The molecule has 9 heteroatoms. The molecule has 2 unspecified atom stereocenters. The average molecular weight is 414 g/mol. The lowest BCUT2D eigenvalue weighted by atomic mass is 10.1. The van der Waals surface area contributed by atoms with Crippen molar-refractivity contribution in [3.05, 3.63) is 12.1 Å². The number of carbonyl (C=O) groups excluding carboxylic acids is 2. The van der Waals surface area contributed by atoms with E-state index in [1.165, 1.54) is 21.3 Å². The Bertz CT molecular complexity index is 699. The quantitative estimate of drug-likeness (QED) is 0.757. The van der Waals surface area contributed by atoms with Gasteiger partial charge in [0, 0.05) is 44.7 Å². The molecule has 2 atom stereocenters. The van der Waals surface area contributed by atoms with E-state index in [1.807, 2.05) is 7.05 Å². The Morgan fingerprint density at radius 2 is 1.82 bits per heavy atom. The molecular formula is C19H28ClN3O5. The molecule has 2 aliphatic rings. The molecule has 2 amide bonds. The summed E-state index contributed by atoms with van der Waals surface area (Å²) in [6.45, 7) is 2.07. The van der Waals surface area contributed by atoms with Crippen LogP contribution in [0.4, 0.5) is 5.69 Å². The van der Waals surface area contributed by atoms with Gasteiger partial charge in [-0.15, -0.1) is 12.4 Å². The number of anilines is 1. The Hall–Kier alpha value is -2.19.